The molecule has 4 atom stereocenters. The fourth-order valence-electron chi connectivity index (χ4n) is 17.6. The summed E-state index contributed by atoms with van der Waals surface area (Å²) in [5, 5.41) is 66.1. The van der Waals surface area contributed by atoms with Gasteiger partial charge in [-0.15, -0.1) is 0 Å². The number of benzene rings is 4. The molecule has 2 aromatic heterocycles. The number of sulfonamides is 3. The van der Waals surface area contributed by atoms with E-state index in [1.54, 1.807) is 32.7 Å². The molecule has 6 aliphatic carbocycles. The number of phenolic OH excluding ortho intramolecular Hbond substituents is 4. The third kappa shape index (κ3) is 18.5. The van der Waals surface area contributed by atoms with E-state index in [2.05, 4.69) is 94.5 Å². The molecule has 6 aliphatic rings. The van der Waals surface area contributed by atoms with E-state index in [4.69, 9.17) is 43.6 Å². The van der Waals surface area contributed by atoms with Gasteiger partial charge in [-0.05, 0) is 175 Å². The highest BCUT2D eigenvalue weighted by Gasteiger charge is 2.47. The molecule has 698 valence electrons. The van der Waals surface area contributed by atoms with Crippen LogP contribution in [-0.2, 0) is 42.9 Å². The van der Waals surface area contributed by atoms with Crippen LogP contribution in [-0.4, -0.2) is 138 Å². The van der Waals surface area contributed by atoms with Crippen LogP contribution in [0.4, 0.5) is 68.2 Å². The number of amides is 1. The minimum atomic E-state index is -4.07. The Hall–Kier alpha value is -11.4. The summed E-state index contributed by atoms with van der Waals surface area (Å²) in [6.45, 7) is 12.4. The molecule has 2 heterocycles. The van der Waals surface area contributed by atoms with Gasteiger partial charge in [0.05, 0.1) is 74.0 Å². The van der Waals surface area contributed by atoms with Gasteiger partial charge < -0.3 is 76.7 Å². The van der Waals surface area contributed by atoms with Crippen molar-refractivity contribution in [1.82, 2.24) is 17.8 Å². The number of hydrogen-bond acceptors (Lipinski definition) is 29. The van der Waals surface area contributed by atoms with Crippen molar-refractivity contribution < 1.29 is 59.3 Å². The third-order valence-electron chi connectivity index (χ3n) is 25.9. The van der Waals surface area contributed by atoms with Gasteiger partial charge in [-0.2, -0.15) is 0 Å². The summed E-state index contributed by atoms with van der Waals surface area (Å²) >= 11 is 18.2. The van der Waals surface area contributed by atoms with Crippen molar-refractivity contribution in [2.45, 2.75) is 177 Å². The van der Waals surface area contributed by atoms with Crippen molar-refractivity contribution in [1.29, 1.82) is 0 Å². The van der Waals surface area contributed by atoms with Gasteiger partial charge in [-0.1, -0.05) is 132 Å². The number of aromatic hydroxyl groups is 4. The van der Waals surface area contributed by atoms with Crippen LogP contribution in [0.1, 0.15) is 170 Å². The average Bonchev–Trinajstić information content (AvgIpc) is 1.72. The van der Waals surface area contributed by atoms with E-state index < -0.39 is 105 Å². The number of nitrogens with one attached hydrogen (secondary N) is 8. The number of phenols is 4. The molecule has 2 saturated carbocycles. The Balaban J connectivity index is 0.000000149. The third-order valence-corrected chi connectivity index (χ3v) is 32.8. The number of nitrogens with zero attached hydrogens (tertiary/aromatic N) is 4. The zero-order chi connectivity index (χ0) is 95.8. The molecule has 0 saturated heterocycles. The lowest BCUT2D eigenvalue weighted by atomic mass is 9.70. The summed E-state index contributed by atoms with van der Waals surface area (Å²) in [6.07, 6.45) is 26.8. The predicted octanol–water partition coefficient (Wildman–Crippen LogP) is 14.1. The van der Waals surface area contributed by atoms with Crippen LogP contribution >= 0.6 is 34.8 Å². The molecule has 2 fully saturated rings. The maximum atomic E-state index is 12.6. The monoisotopic (exact) mass is 1910 g/mol. The van der Waals surface area contributed by atoms with E-state index in [0.29, 0.717) is 5.76 Å². The summed E-state index contributed by atoms with van der Waals surface area (Å²) in [4.78, 5) is 111. The van der Waals surface area contributed by atoms with Crippen LogP contribution in [0.5, 0.6) is 23.0 Å². The Morgan fingerprint density at radius 3 is 1.18 bits per heavy atom. The van der Waals surface area contributed by atoms with Gasteiger partial charge in [-0.3, -0.25) is 43.2 Å². The van der Waals surface area contributed by atoms with Crippen molar-refractivity contribution in [3.63, 3.8) is 0 Å². The van der Waals surface area contributed by atoms with Gasteiger partial charge in [0.2, 0.25) is 30.1 Å². The highest BCUT2D eigenvalue weighted by atomic mass is 35.5. The van der Waals surface area contributed by atoms with Gasteiger partial charge in [0.15, 0.2) is 23.0 Å². The standard InChI is InChI=1S/C25H28ClN3O5S.C23H25N3O5.C22H24ClN3O6S.C22H28ClN3O5S/c1-25(2)12-11-15(14-7-5-6-8-14)13-18(25)28-20-19(22(31)23(20)32)27-17-10-9-16(26)24(21(17)30)35(33,34)29(3)4;1-23(2)10-8-12-9-11-31-20(12)21(23)25-16-15(18(28)19(16)29)24-14-7-5-6-13(17(14)27)22(30)26(3)4;1-22(2)9-7-11-8-10-32-19(11)21(22)25-15-14(17(28)18(15)29)24-13-6-5-12(23)20(16(13)27)33(30,31)26(3)4;1-26(2)32(30,31)21-13(23)8-9-14(18(21)27)24-16-17(20(29)19(16)28)25-15-7-6-12-22(15)10-4-3-5-11-22/h5,7-10,13,18,27-28,30H,6,11-12H2,1-4H3;5-7,9,11,21,24-25,27H,8,10H2,1-4H3;5-6,8,10,21,24-25,27H,7,9H2,1-4H3;8-9,15,24-25,27H,3-7,10-12H2,1-2H3. The molecule has 1 amide bonds. The number of anilines is 12. The van der Waals surface area contributed by atoms with Crippen LogP contribution in [0.2, 0.25) is 15.1 Å². The van der Waals surface area contributed by atoms with Crippen LogP contribution in [0.3, 0.4) is 0 Å². The largest absolute Gasteiger partial charge is 0.505 e. The smallest absolute Gasteiger partial charge is 0.257 e. The molecule has 0 radical (unpaired) electrons. The van der Waals surface area contributed by atoms with Crippen LogP contribution < -0.4 is 86.0 Å². The van der Waals surface area contributed by atoms with Crippen LogP contribution in [0, 0.1) is 21.7 Å². The summed E-state index contributed by atoms with van der Waals surface area (Å²) in [5.41, 5.74) is -0.882. The minimum Gasteiger partial charge on any atom is -0.505 e. The lowest BCUT2D eigenvalue weighted by Crippen LogP contribution is -2.44. The van der Waals surface area contributed by atoms with Crippen LogP contribution in [0.15, 0.2) is 177 Å². The molecule has 10 aromatic rings. The lowest BCUT2D eigenvalue weighted by Gasteiger charge is -2.40. The second-order valence-electron chi connectivity index (χ2n) is 36.6. The Kier molecular flexibility index (Phi) is 27.5. The Labute approximate surface area is 771 Å². The number of aryl methyl sites for hydroxylation is 2. The summed E-state index contributed by atoms with van der Waals surface area (Å²) in [5.74, 6) is -1.08. The Morgan fingerprint density at radius 1 is 0.427 bits per heavy atom. The fourth-order valence-corrected chi connectivity index (χ4v) is 22.0. The minimum absolute atomic E-state index is 0.0104. The first-order valence-corrected chi connectivity index (χ1v) is 47.9. The van der Waals surface area contributed by atoms with E-state index in [0.717, 1.165) is 107 Å². The number of allylic oxidation sites excluding steroid dienone is 5. The summed E-state index contributed by atoms with van der Waals surface area (Å²) in [6, 6.07) is 15.7. The molecule has 12 N–H and O–H groups in total. The number of carbonyl (C=O) groups excluding carboxylic acids is 1. The van der Waals surface area contributed by atoms with E-state index in [1.165, 1.54) is 126 Å². The molecule has 1 spiro atoms. The summed E-state index contributed by atoms with van der Waals surface area (Å²) < 4.78 is 89.8. The molecule has 16 rings (SSSR count). The zero-order valence-corrected chi connectivity index (χ0v) is 79.3. The second kappa shape index (κ2) is 37.0. The van der Waals surface area contributed by atoms with E-state index >= 15 is 0 Å². The van der Waals surface area contributed by atoms with Crippen LogP contribution in [0.25, 0.3) is 0 Å². The molecule has 0 aliphatic heterocycles. The average molecular weight is 1920 g/mol. The van der Waals surface area contributed by atoms with Crippen molar-refractivity contribution in [3.05, 3.63) is 240 Å². The molecular formula is C92H105Cl3N12O21S3. The van der Waals surface area contributed by atoms with Gasteiger partial charge in [0.25, 0.3) is 49.3 Å². The molecule has 39 heteroatoms. The second-order valence-corrected chi connectivity index (χ2v) is 44.1. The zero-order valence-electron chi connectivity index (χ0n) is 74.6. The highest BCUT2D eigenvalue weighted by molar-refractivity contribution is 7.90. The van der Waals surface area contributed by atoms with Crippen molar-refractivity contribution in [3.8, 4) is 23.0 Å². The first-order chi connectivity index (χ1) is 61.4. The quantitative estimate of drug-likeness (QED) is 0.0197. The Morgan fingerprint density at radius 2 is 0.794 bits per heavy atom. The van der Waals surface area contributed by atoms with Gasteiger partial charge in [0, 0.05) is 62.4 Å². The number of furan rings is 2. The Bertz CT molecular complexity index is 6960. The van der Waals surface area contributed by atoms with E-state index in [1.807, 2.05) is 26.0 Å². The van der Waals surface area contributed by atoms with Gasteiger partial charge in [-0.25, -0.2) is 38.2 Å². The molecular weight excluding hydrogens is 1810 g/mol. The molecule has 4 unspecified atom stereocenters. The molecule has 0 bridgehead atoms. The fraction of sp³-hybridized carbons (Fsp3) is 0.402. The first-order valence-electron chi connectivity index (χ1n) is 42.4. The number of para-hydroxylation sites is 1. The molecule has 33 nitrogen and oxygen atoms in total. The molecule has 131 heavy (non-hydrogen) atoms. The number of rotatable bonds is 24. The topological polar surface area (TPSA) is 472 Å². The normalized spacial score (nSPS) is 18.9. The predicted molar refractivity (Wildman–Crippen MR) is 508 cm³/mol. The van der Waals surface area contributed by atoms with E-state index in [9.17, 15) is 88.8 Å². The molecule has 8 aromatic carbocycles. The SMILES string of the molecule is CN(C)C(=O)c1cccc(Nc2c(NC3c4occc4CCC3(C)C)c(=O)c2=O)c1O.CN(C)S(=O)(=O)c1c(Cl)ccc(Nc2c(NC3C=C(C4=CCC=C4)CCC3(C)C)c(=O)c2=O)c1O.CN(C)S(=O)(=O)c1c(Cl)ccc(Nc2c(NC3CCCC34CCCCC4)c(=O)c2=O)c1O.CN(C)S(=O)(=O)c1c(Cl)ccc(Nc2c(NC3c4occc4CCC3(C)C)c(=O)c2=O)c1O. The van der Waals surface area contributed by atoms with E-state index in [-0.39, 0.29) is 146 Å². The summed E-state index contributed by atoms with van der Waals surface area (Å²) in [7, 11) is -1.12. The number of carbonyl (C=O) groups is 1. The van der Waals surface area contributed by atoms with Crippen molar-refractivity contribution in [2.75, 3.05) is 98.9 Å². The first kappa shape index (κ1) is 97.2. The van der Waals surface area contributed by atoms with Gasteiger partial charge >= 0.3 is 0 Å². The number of hydrogen-bond donors (Lipinski definition) is 12. The number of fused-ring (bicyclic) bond motifs is 2. The lowest BCUT2D eigenvalue weighted by molar-refractivity contribution is 0.0824. The number of halogens is 3. The maximum Gasteiger partial charge on any atom is 0.257 e. The maximum absolute atomic E-state index is 12.6. The van der Waals surface area contributed by atoms with Crippen molar-refractivity contribution in [2.24, 2.45) is 21.7 Å². The van der Waals surface area contributed by atoms with Gasteiger partial charge in [0.1, 0.15) is 71.7 Å². The van der Waals surface area contributed by atoms with Crippen molar-refractivity contribution >= 4 is 139 Å². The highest BCUT2D eigenvalue weighted by Crippen LogP contribution is 2.53.